The second-order valence-electron chi connectivity index (χ2n) is 30.9. The molecule has 8 aliphatic rings. The van der Waals surface area contributed by atoms with Crippen molar-refractivity contribution in [1.82, 2.24) is 4.31 Å². The molecular weight excluding hydrogens is 1620 g/mol. The van der Waals surface area contributed by atoms with Gasteiger partial charge >= 0.3 is 39.1 Å². The summed E-state index contributed by atoms with van der Waals surface area (Å²) in [5.74, 6) is -24.6. The van der Waals surface area contributed by atoms with Crippen LogP contribution in [0.25, 0.3) is 0 Å². The molecule has 0 spiro atoms. The van der Waals surface area contributed by atoms with Gasteiger partial charge in [0, 0.05) is 55.2 Å². The second-order valence-corrected chi connectivity index (χ2v) is 41.1. The summed E-state index contributed by atoms with van der Waals surface area (Å²) in [4.78, 5) is 42.1. The molecule has 8 aromatic carbocycles. The summed E-state index contributed by atoms with van der Waals surface area (Å²) >= 11 is 0. The molecule has 116 heavy (non-hydrogen) atoms. The Labute approximate surface area is 679 Å². The molecule has 8 aromatic rings. The first-order chi connectivity index (χ1) is 54.8. The van der Waals surface area contributed by atoms with Crippen LogP contribution in [0.4, 0.5) is 57.1 Å². The lowest BCUT2D eigenvalue weighted by Gasteiger charge is -2.54. The lowest BCUT2D eigenvalue weighted by molar-refractivity contribution is -0.272. The van der Waals surface area contributed by atoms with E-state index in [1.165, 1.54) is 91.4 Å². The normalized spacial score (nSPS) is 21.2. The van der Waals surface area contributed by atoms with Gasteiger partial charge in [0.05, 0.1) is 21.8 Å². The Morgan fingerprint density at radius 1 is 0.474 bits per heavy atom. The minimum absolute atomic E-state index is 0.0146. The summed E-state index contributed by atoms with van der Waals surface area (Å²) in [6.45, 7) is 3.82. The summed E-state index contributed by atoms with van der Waals surface area (Å²) in [5.41, 5.74) is 1.57. The molecule has 2 aliphatic heterocycles. The van der Waals surface area contributed by atoms with Crippen molar-refractivity contribution >= 4 is 70.4 Å². The molecule has 0 aromatic heterocycles. The van der Waals surface area contributed by atoms with Gasteiger partial charge in [-0.2, -0.15) is 47.8 Å². The zero-order valence-corrected chi connectivity index (χ0v) is 68.6. The molecule has 2 heterocycles. The Morgan fingerprint density at radius 3 is 1.22 bits per heavy atom. The summed E-state index contributed by atoms with van der Waals surface area (Å²) in [7, 11) is -11.2. The molecule has 0 radical (unpaired) electrons. The van der Waals surface area contributed by atoms with E-state index in [2.05, 4.69) is 220 Å². The van der Waals surface area contributed by atoms with Gasteiger partial charge < -0.3 is 4.74 Å². The number of halogens is 13. The van der Waals surface area contributed by atoms with Gasteiger partial charge in [0.2, 0.25) is 11.6 Å². The average molecular weight is 1720 g/mol. The van der Waals surface area contributed by atoms with Crippen LogP contribution in [0, 0.1) is 58.7 Å². The molecule has 0 amide bonds. The predicted octanol–water partition coefficient (Wildman–Crippen LogP) is 22.3. The smallest absolute Gasteiger partial charge is 0.427 e. The van der Waals surface area contributed by atoms with Gasteiger partial charge in [0.1, 0.15) is 22.9 Å². The van der Waals surface area contributed by atoms with Crippen LogP contribution in [-0.4, -0.2) is 101 Å². The number of esters is 1. The lowest BCUT2D eigenvalue weighted by atomic mass is 9.53. The third kappa shape index (κ3) is 21.6. The van der Waals surface area contributed by atoms with E-state index in [1.54, 1.807) is 0 Å². The van der Waals surface area contributed by atoms with E-state index in [-0.39, 0.29) is 90.7 Å². The Balaban J connectivity index is 0.000000148. The number of ketones is 2. The fourth-order valence-electron chi connectivity index (χ4n) is 16.4. The number of nitrogens with zero attached hydrogens (tertiary/aromatic N) is 1. The third-order valence-electron chi connectivity index (χ3n) is 22.3. The van der Waals surface area contributed by atoms with Crippen LogP contribution in [0.5, 0.6) is 0 Å². The number of piperidine rings is 1. The molecule has 16 rings (SSSR count). The van der Waals surface area contributed by atoms with E-state index in [1.807, 2.05) is 0 Å². The highest BCUT2D eigenvalue weighted by Gasteiger charge is 2.76. The summed E-state index contributed by atoms with van der Waals surface area (Å²) in [5, 5.41) is -5.86. The maximum Gasteiger partial charge on any atom is 0.427 e. The van der Waals surface area contributed by atoms with Crippen LogP contribution >= 0.6 is 0 Å². The number of carbonyl (C=O) groups excluding carboxylic acids is 3. The molecule has 8 fully saturated rings. The number of Topliss-reactive ketones (excluding diaryl/α,β-unsaturated/α-hetero) is 2. The highest BCUT2D eigenvalue weighted by atomic mass is 32.2. The monoisotopic (exact) mass is 1720 g/mol. The summed E-state index contributed by atoms with van der Waals surface area (Å²) in [6.07, 6.45) is 16.1. The highest BCUT2D eigenvalue weighted by molar-refractivity contribution is 7.99. The molecule has 10 nitrogen and oxygen atoms in total. The first kappa shape index (κ1) is 90.8. The second kappa shape index (κ2) is 38.7. The number of rotatable bonds is 17. The molecule has 1 N–H and O–H groups in total. The molecule has 6 aliphatic carbocycles. The molecule has 6 saturated carbocycles. The van der Waals surface area contributed by atoms with Gasteiger partial charge in [-0.3, -0.25) is 14.1 Å². The standard InChI is InChI=1S/C20H29OS.2C18H15S.C13H19F6NO2S.C13H16F2O3.C6HF5O3S/c1-20(2,22-14-6-7-15-22)19(21)18-12-10-17(11-13-18)16-8-4-3-5-9-16;2*1-4-10-16(11-5-1)19(17-12-6-2-7-13-17)18-14-8-3-9-15-18;1-11(14,15)12(16,17)13(18,19)23(21,22)20-7-6-9-4-2-3-5-10(9)8-20;1-12(14,15)11(17)18-13-4-7-2-8(5-13)10(16)9(3-7)6-13;7-1-2(8)4(10)6(15(12,13)14)5(11)3(1)9/h10-13,16H,3-9,14-15H2,1-2H3;2*1-15H;9-10H,2-8H2,1H3;7-9H,2-6H2,1H3;(H,12,13,14)/q3*+1;;;. The van der Waals surface area contributed by atoms with Gasteiger partial charge in [-0.1, -0.05) is 172 Å². The van der Waals surface area contributed by atoms with Crippen molar-refractivity contribution in [2.24, 2.45) is 29.6 Å². The SMILES string of the molecule is CC(C)(C(=O)c1ccc(C2CCCCC2)cc1)[S+]1CCCC1.CC(F)(F)C(=O)OC12CC3CC(C1)C(=O)C(C3)C2.CC(F)(F)C(F)(F)C(F)(F)S(=O)(=O)N1CCC2CCCCC2C1.O=S(=O)(O)c1c(F)c(F)c(F)c(F)c1F.c1ccc([S+](c2ccccc2)c2ccccc2)cc1.c1ccc([S+](c2ccccc2)c2ccccc2)cc1. The van der Waals surface area contributed by atoms with Crippen LogP contribution in [0.1, 0.15) is 159 Å². The fraction of sp³-hybridized carbons (Fsp3) is 0.420. The van der Waals surface area contributed by atoms with Gasteiger partial charge in [-0.15, -0.1) is 0 Å². The molecule has 4 unspecified atom stereocenters. The van der Waals surface area contributed by atoms with Crippen LogP contribution in [0.3, 0.4) is 0 Å². The topological polar surface area (TPSA) is 152 Å². The molecule has 624 valence electrons. The third-order valence-corrected chi connectivity index (χ3v) is 32.7. The minimum atomic E-state index is -5.98. The van der Waals surface area contributed by atoms with Crippen molar-refractivity contribution in [3.8, 4) is 0 Å². The van der Waals surface area contributed by atoms with Crippen molar-refractivity contribution in [2.45, 2.75) is 210 Å². The largest absolute Gasteiger partial charge is 0.455 e. The van der Waals surface area contributed by atoms with E-state index in [9.17, 15) is 88.3 Å². The van der Waals surface area contributed by atoms with Crippen molar-refractivity contribution in [2.75, 3.05) is 24.6 Å². The van der Waals surface area contributed by atoms with Crippen LogP contribution < -0.4 is 0 Å². The molecular formula is C88H95F13NO9S5+3. The average Bonchev–Trinajstić information content (AvgIpc) is 0.775. The van der Waals surface area contributed by atoms with Gasteiger partial charge in [-0.25, -0.2) is 35.2 Å². The van der Waals surface area contributed by atoms with Gasteiger partial charge in [0.25, 0.3) is 10.0 Å². The van der Waals surface area contributed by atoms with E-state index in [0.717, 1.165) is 43.6 Å². The number of hydrogen-bond acceptors (Lipinski definition) is 8. The van der Waals surface area contributed by atoms with Crippen molar-refractivity contribution in [1.29, 1.82) is 0 Å². The van der Waals surface area contributed by atoms with E-state index >= 15 is 0 Å². The molecule has 4 bridgehead atoms. The van der Waals surface area contributed by atoms with E-state index in [4.69, 9.17) is 9.29 Å². The van der Waals surface area contributed by atoms with Crippen LogP contribution in [-0.2, 0) is 67.2 Å². The highest BCUT2D eigenvalue weighted by Crippen LogP contribution is 2.56. The summed E-state index contributed by atoms with van der Waals surface area (Å²) < 4.78 is 226. The number of hydrogen-bond donors (Lipinski definition) is 1. The first-order valence-electron chi connectivity index (χ1n) is 38.7. The minimum Gasteiger partial charge on any atom is -0.455 e. The molecule has 28 heteroatoms. The molecule has 4 atom stereocenters. The quantitative estimate of drug-likeness (QED) is 0.0179. The predicted molar refractivity (Wildman–Crippen MR) is 425 cm³/mol. The Hall–Kier alpha value is -7.47. The Morgan fingerprint density at radius 2 is 0.845 bits per heavy atom. The van der Waals surface area contributed by atoms with Gasteiger partial charge in [0.15, 0.2) is 62.3 Å². The van der Waals surface area contributed by atoms with E-state index < -0.39 is 95.6 Å². The van der Waals surface area contributed by atoms with E-state index in [0.29, 0.717) is 44.3 Å². The number of sulfonamides is 1. The summed E-state index contributed by atoms with van der Waals surface area (Å²) in [6, 6.07) is 72.9. The maximum absolute atomic E-state index is 13.8. The Bertz CT molecular complexity index is 4460. The molecule has 2 saturated heterocycles. The van der Waals surface area contributed by atoms with Crippen molar-refractivity contribution in [3.05, 3.63) is 246 Å². The van der Waals surface area contributed by atoms with Crippen LogP contribution in [0.2, 0.25) is 0 Å². The number of carbonyl (C=O) groups is 3. The number of fused-ring (bicyclic) bond motifs is 1. The van der Waals surface area contributed by atoms with Crippen molar-refractivity contribution < 1.29 is 97.6 Å². The maximum atomic E-state index is 13.8. The number of ether oxygens (including phenoxy) is 1. The van der Waals surface area contributed by atoms with Crippen molar-refractivity contribution in [3.63, 3.8) is 0 Å². The van der Waals surface area contributed by atoms with Gasteiger partial charge in [-0.05, 0) is 187 Å². The zero-order chi connectivity index (χ0) is 84.2. The van der Waals surface area contributed by atoms with Crippen LogP contribution in [0.15, 0.2) is 241 Å². The Kier molecular flexibility index (Phi) is 30.3. The first-order valence-corrected chi connectivity index (χ1v) is 45.6. The zero-order valence-electron chi connectivity index (χ0n) is 64.6. The lowest BCUT2D eigenvalue weighted by Crippen LogP contribution is -2.61. The fourth-order valence-corrected chi connectivity index (χ4v) is 25.5. The number of alkyl halides is 8. The number of benzene rings is 8.